The molecule has 2 aromatic carbocycles. The summed E-state index contributed by atoms with van der Waals surface area (Å²) in [6.45, 7) is 3.67. The number of aromatic nitrogens is 2. The molecule has 0 radical (unpaired) electrons. The zero-order valence-corrected chi connectivity index (χ0v) is 16.4. The minimum Gasteiger partial charge on any atom is -0.322 e. The highest BCUT2D eigenvalue weighted by Gasteiger charge is 2.14. The summed E-state index contributed by atoms with van der Waals surface area (Å²) < 4.78 is 24.5. The van der Waals surface area contributed by atoms with E-state index in [-0.39, 0.29) is 22.5 Å². The number of hydrogen-bond acceptors (Lipinski definition) is 5. The standard InChI is InChI=1S/C19H19N3O5S/c1-4-22-18(24)14-8-6-12(9-16(14)21-19(22)25)17(23)20-15-10-13(28(3,26)27)7-5-11(15)2/h5-10H,4H2,1-3H3,(H,20,23)(H,21,25). The molecular formula is C19H19N3O5S. The zero-order valence-electron chi connectivity index (χ0n) is 15.6. The lowest BCUT2D eigenvalue weighted by molar-refractivity contribution is 0.102. The fraction of sp³-hybridized carbons (Fsp3) is 0.211. The number of anilines is 1. The van der Waals surface area contributed by atoms with Gasteiger partial charge in [0.1, 0.15) is 0 Å². The normalized spacial score (nSPS) is 11.5. The summed E-state index contributed by atoms with van der Waals surface area (Å²) in [6.07, 6.45) is 1.09. The van der Waals surface area contributed by atoms with Gasteiger partial charge in [-0.05, 0) is 49.7 Å². The molecule has 0 bridgehead atoms. The minimum absolute atomic E-state index is 0.0939. The van der Waals surface area contributed by atoms with Crippen molar-refractivity contribution in [3.05, 3.63) is 68.4 Å². The Morgan fingerprint density at radius 1 is 1.14 bits per heavy atom. The molecule has 9 heteroatoms. The predicted octanol–water partition coefficient (Wildman–Crippen LogP) is 1.67. The number of carbonyl (C=O) groups is 1. The van der Waals surface area contributed by atoms with E-state index in [1.807, 2.05) is 0 Å². The maximum absolute atomic E-state index is 12.6. The Morgan fingerprint density at radius 2 is 1.86 bits per heavy atom. The van der Waals surface area contributed by atoms with Gasteiger partial charge >= 0.3 is 5.69 Å². The summed E-state index contributed by atoms with van der Waals surface area (Å²) in [7, 11) is -3.42. The van der Waals surface area contributed by atoms with Crippen molar-refractivity contribution in [1.29, 1.82) is 0 Å². The Kier molecular flexibility index (Phi) is 4.95. The van der Waals surface area contributed by atoms with E-state index in [1.54, 1.807) is 19.9 Å². The van der Waals surface area contributed by atoms with Gasteiger partial charge in [0, 0.05) is 24.1 Å². The molecule has 0 saturated carbocycles. The van der Waals surface area contributed by atoms with Crippen LogP contribution in [0.5, 0.6) is 0 Å². The Balaban J connectivity index is 2.01. The minimum atomic E-state index is -3.42. The highest BCUT2D eigenvalue weighted by atomic mass is 32.2. The lowest BCUT2D eigenvalue weighted by Gasteiger charge is -2.11. The lowest BCUT2D eigenvalue weighted by atomic mass is 10.1. The number of rotatable bonds is 4. The number of nitrogens with one attached hydrogen (secondary N) is 2. The van der Waals surface area contributed by atoms with E-state index in [0.717, 1.165) is 10.8 Å². The van der Waals surface area contributed by atoms with Crippen LogP contribution in [-0.2, 0) is 16.4 Å². The third kappa shape index (κ3) is 3.61. The van der Waals surface area contributed by atoms with Crippen molar-refractivity contribution in [1.82, 2.24) is 9.55 Å². The summed E-state index contributed by atoms with van der Waals surface area (Å²) in [4.78, 5) is 39.6. The van der Waals surface area contributed by atoms with Gasteiger partial charge in [-0.25, -0.2) is 13.2 Å². The first-order chi connectivity index (χ1) is 13.1. The van der Waals surface area contributed by atoms with Gasteiger partial charge in [0.05, 0.1) is 15.8 Å². The maximum atomic E-state index is 12.6. The van der Waals surface area contributed by atoms with Crippen LogP contribution in [0.15, 0.2) is 50.9 Å². The first-order valence-corrected chi connectivity index (χ1v) is 10.4. The molecule has 8 nitrogen and oxygen atoms in total. The fourth-order valence-electron chi connectivity index (χ4n) is 2.84. The first kappa shape index (κ1) is 19.6. The molecule has 0 aliphatic rings. The van der Waals surface area contributed by atoms with Gasteiger partial charge in [0.2, 0.25) is 0 Å². The molecule has 0 atom stereocenters. The molecule has 28 heavy (non-hydrogen) atoms. The number of fused-ring (bicyclic) bond motifs is 1. The van der Waals surface area contributed by atoms with Crippen molar-refractivity contribution < 1.29 is 13.2 Å². The van der Waals surface area contributed by atoms with Crippen LogP contribution in [-0.4, -0.2) is 30.1 Å². The Hall–Kier alpha value is -3.20. The molecule has 1 aromatic heterocycles. The number of benzene rings is 2. The molecule has 1 heterocycles. The molecule has 1 amide bonds. The SMILES string of the molecule is CCn1c(=O)[nH]c2cc(C(=O)Nc3cc(S(C)(=O)=O)ccc3C)ccc2c1=O. The largest absolute Gasteiger partial charge is 0.328 e. The van der Waals surface area contributed by atoms with E-state index in [2.05, 4.69) is 10.3 Å². The second kappa shape index (κ2) is 7.08. The molecule has 0 spiro atoms. The van der Waals surface area contributed by atoms with Crippen LogP contribution in [0.4, 0.5) is 5.69 Å². The number of carbonyl (C=O) groups excluding carboxylic acids is 1. The van der Waals surface area contributed by atoms with Crippen LogP contribution in [0.25, 0.3) is 10.9 Å². The molecule has 146 valence electrons. The smallest absolute Gasteiger partial charge is 0.322 e. The van der Waals surface area contributed by atoms with E-state index in [4.69, 9.17) is 0 Å². The second-order valence-corrected chi connectivity index (χ2v) is 8.46. The summed E-state index contributed by atoms with van der Waals surface area (Å²) in [6, 6.07) is 8.85. The average molecular weight is 401 g/mol. The van der Waals surface area contributed by atoms with Crippen LogP contribution in [0.2, 0.25) is 0 Å². The van der Waals surface area contributed by atoms with Gasteiger partial charge < -0.3 is 10.3 Å². The fourth-order valence-corrected chi connectivity index (χ4v) is 3.49. The molecule has 0 saturated heterocycles. The summed E-state index contributed by atoms with van der Waals surface area (Å²) >= 11 is 0. The summed E-state index contributed by atoms with van der Waals surface area (Å²) in [5, 5.41) is 2.98. The molecule has 2 N–H and O–H groups in total. The number of H-pyrrole nitrogens is 1. The van der Waals surface area contributed by atoms with Crippen molar-refractivity contribution in [2.75, 3.05) is 11.6 Å². The molecule has 0 unspecified atom stereocenters. The zero-order chi connectivity index (χ0) is 20.6. The third-order valence-corrected chi connectivity index (χ3v) is 5.56. The van der Waals surface area contributed by atoms with Gasteiger partial charge in [0.15, 0.2) is 9.84 Å². The Bertz CT molecular complexity index is 1320. The number of nitrogens with zero attached hydrogens (tertiary/aromatic N) is 1. The maximum Gasteiger partial charge on any atom is 0.328 e. The Labute approximate surface area is 160 Å². The van der Waals surface area contributed by atoms with Crippen molar-refractivity contribution >= 4 is 32.3 Å². The van der Waals surface area contributed by atoms with Crippen LogP contribution >= 0.6 is 0 Å². The topological polar surface area (TPSA) is 118 Å². The molecule has 0 aliphatic heterocycles. The number of amides is 1. The van der Waals surface area contributed by atoms with Crippen LogP contribution in [0.1, 0.15) is 22.8 Å². The van der Waals surface area contributed by atoms with Crippen molar-refractivity contribution in [2.24, 2.45) is 0 Å². The van der Waals surface area contributed by atoms with Crippen LogP contribution in [0, 0.1) is 6.92 Å². The molecule has 3 rings (SSSR count). The van der Waals surface area contributed by atoms with E-state index in [1.165, 1.54) is 30.3 Å². The molecule has 3 aromatic rings. The van der Waals surface area contributed by atoms with Crippen LogP contribution < -0.4 is 16.6 Å². The van der Waals surface area contributed by atoms with Crippen molar-refractivity contribution in [3.8, 4) is 0 Å². The molecule has 0 aliphatic carbocycles. The molecular weight excluding hydrogens is 382 g/mol. The first-order valence-electron chi connectivity index (χ1n) is 8.50. The Morgan fingerprint density at radius 3 is 2.50 bits per heavy atom. The lowest BCUT2D eigenvalue weighted by Crippen LogP contribution is -2.34. The highest BCUT2D eigenvalue weighted by Crippen LogP contribution is 2.21. The number of aryl methyl sites for hydroxylation is 1. The van der Waals surface area contributed by atoms with E-state index in [0.29, 0.717) is 16.6 Å². The summed E-state index contributed by atoms with van der Waals surface area (Å²) in [5.41, 5.74) is 0.567. The van der Waals surface area contributed by atoms with Gasteiger partial charge in [-0.2, -0.15) is 0 Å². The number of aromatic amines is 1. The average Bonchev–Trinajstić information content (AvgIpc) is 2.62. The van der Waals surface area contributed by atoms with Gasteiger partial charge in [-0.1, -0.05) is 6.07 Å². The van der Waals surface area contributed by atoms with Crippen molar-refractivity contribution in [3.63, 3.8) is 0 Å². The van der Waals surface area contributed by atoms with Gasteiger partial charge in [0.25, 0.3) is 11.5 Å². The number of hydrogen-bond donors (Lipinski definition) is 2. The van der Waals surface area contributed by atoms with Crippen molar-refractivity contribution in [2.45, 2.75) is 25.3 Å². The third-order valence-electron chi connectivity index (χ3n) is 4.45. The second-order valence-electron chi connectivity index (χ2n) is 6.44. The monoisotopic (exact) mass is 401 g/mol. The summed E-state index contributed by atoms with van der Waals surface area (Å²) in [5.74, 6) is -0.490. The van der Waals surface area contributed by atoms with E-state index < -0.39 is 27.0 Å². The van der Waals surface area contributed by atoms with E-state index in [9.17, 15) is 22.8 Å². The van der Waals surface area contributed by atoms with Crippen LogP contribution in [0.3, 0.4) is 0 Å². The molecule has 0 fully saturated rings. The van der Waals surface area contributed by atoms with E-state index >= 15 is 0 Å². The quantitative estimate of drug-likeness (QED) is 0.689. The van der Waals surface area contributed by atoms with Gasteiger partial charge in [-0.15, -0.1) is 0 Å². The highest BCUT2D eigenvalue weighted by molar-refractivity contribution is 7.90. The van der Waals surface area contributed by atoms with Gasteiger partial charge in [-0.3, -0.25) is 14.2 Å². The number of sulfone groups is 1. The predicted molar refractivity (Wildman–Crippen MR) is 107 cm³/mol.